The van der Waals surface area contributed by atoms with E-state index in [1.807, 2.05) is 50.3 Å². The van der Waals surface area contributed by atoms with E-state index in [1.165, 1.54) is 7.11 Å². The molecule has 0 aliphatic carbocycles. The fourth-order valence-electron chi connectivity index (χ4n) is 3.56. The molecule has 0 radical (unpaired) electrons. The first-order chi connectivity index (χ1) is 15.4. The van der Waals surface area contributed by atoms with Crippen LogP contribution in [-0.4, -0.2) is 46.7 Å². The zero-order chi connectivity index (χ0) is 23.7. The number of nitrogens with two attached hydrogens (primary N) is 1. The summed E-state index contributed by atoms with van der Waals surface area (Å²) >= 11 is 0. The van der Waals surface area contributed by atoms with Crippen LogP contribution in [0.3, 0.4) is 0 Å². The third kappa shape index (κ3) is 5.55. The van der Waals surface area contributed by atoms with Crippen LogP contribution in [0.1, 0.15) is 30.5 Å². The van der Waals surface area contributed by atoms with Crippen LogP contribution < -0.4 is 15.2 Å². The maximum atomic E-state index is 11.9. The normalized spacial score (nSPS) is 11.9. The molecule has 7 heteroatoms. The molecule has 2 N–H and O–H groups in total. The molecule has 2 rings (SSSR count). The average Bonchev–Trinajstić information content (AvgIpc) is 2.82. The number of esters is 1. The Morgan fingerprint density at radius 2 is 1.84 bits per heavy atom. The lowest BCUT2D eigenvalue weighted by atomic mass is 9.91. The molecule has 2 aromatic rings. The smallest absolute Gasteiger partial charge is 0.322 e. The second-order valence-electron chi connectivity index (χ2n) is 7.04. The molecule has 0 aliphatic heterocycles. The predicted molar refractivity (Wildman–Crippen MR) is 128 cm³/mol. The van der Waals surface area contributed by atoms with Crippen molar-refractivity contribution in [3.05, 3.63) is 47.0 Å². The highest BCUT2D eigenvalue weighted by molar-refractivity contribution is 5.90. The van der Waals surface area contributed by atoms with Gasteiger partial charge in [-0.1, -0.05) is 24.3 Å². The summed E-state index contributed by atoms with van der Waals surface area (Å²) in [4.78, 5) is 16.2. The number of nitrogens with zero attached hydrogens (tertiary/aromatic N) is 1. The minimum absolute atomic E-state index is 0.302. The highest BCUT2D eigenvalue weighted by Crippen LogP contribution is 2.46. The van der Waals surface area contributed by atoms with Gasteiger partial charge in [0.15, 0.2) is 0 Å². The largest absolute Gasteiger partial charge is 0.496 e. The predicted octanol–water partition coefficient (Wildman–Crippen LogP) is 4.32. The third-order valence-corrected chi connectivity index (χ3v) is 5.05. The van der Waals surface area contributed by atoms with Gasteiger partial charge in [0, 0.05) is 17.7 Å². The first-order valence-electron chi connectivity index (χ1n) is 10.4. The minimum atomic E-state index is -0.783. The highest BCUT2D eigenvalue weighted by Gasteiger charge is 2.22. The number of benzene rings is 2. The van der Waals surface area contributed by atoms with Crippen molar-refractivity contribution in [3.63, 3.8) is 0 Å². The highest BCUT2D eigenvalue weighted by atomic mass is 16.5. The van der Waals surface area contributed by atoms with Gasteiger partial charge in [-0.2, -0.15) is 0 Å². The van der Waals surface area contributed by atoms with Gasteiger partial charge in [0.1, 0.15) is 17.5 Å². The van der Waals surface area contributed by atoms with Gasteiger partial charge < -0.3 is 24.7 Å². The van der Waals surface area contributed by atoms with Crippen LogP contribution in [0.4, 0.5) is 5.69 Å². The molecule has 0 unspecified atom stereocenters. The number of allylic oxidation sites excluding steroid dienone is 1. The van der Waals surface area contributed by atoms with Crippen LogP contribution in [0.5, 0.6) is 11.5 Å². The lowest BCUT2D eigenvalue weighted by Gasteiger charge is -2.20. The van der Waals surface area contributed by atoms with Crippen molar-refractivity contribution in [1.29, 1.82) is 0 Å². The number of rotatable bonds is 11. The van der Waals surface area contributed by atoms with E-state index in [0.29, 0.717) is 36.8 Å². The molecule has 1 atom stereocenters. The number of hydrogen-bond acceptors (Lipinski definition) is 7. The maximum absolute atomic E-state index is 11.9. The summed E-state index contributed by atoms with van der Waals surface area (Å²) in [6.07, 6.45) is 4.13. The number of carbonyl (C=O) groups excluding carboxylic acids is 1. The van der Waals surface area contributed by atoms with Crippen LogP contribution in [0.25, 0.3) is 17.2 Å². The fourth-order valence-corrected chi connectivity index (χ4v) is 3.56. The van der Waals surface area contributed by atoms with Crippen LogP contribution in [0.15, 0.2) is 35.3 Å². The number of carbonyl (C=O) groups is 1. The summed E-state index contributed by atoms with van der Waals surface area (Å²) in [6.45, 7) is 8.71. The first-order valence-corrected chi connectivity index (χ1v) is 10.4. The SMILES string of the molecule is C=Nc1c(-c2c(OC)cc(COCC)cc2OC)ccc(C[C@H](N)C(=O)OC)c1/C=C\C. The molecule has 172 valence electrons. The van der Waals surface area contributed by atoms with Gasteiger partial charge in [0.05, 0.1) is 39.2 Å². The van der Waals surface area contributed by atoms with E-state index in [-0.39, 0.29) is 0 Å². The Balaban J connectivity index is 2.71. The van der Waals surface area contributed by atoms with Crippen molar-refractivity contribution < 1.29 is 23.7 Å². The van der Waals surface area contributed by atoms with E-state index in [1.54, 1.807) is 14.2 Å². The third-order valence-electron chi connectivity index (χ3n) is 5.05. The summed E-state index contributed by atoms with van der Waals surface area (Å²) in [7, 11) is 4.54. The molecule has 0 bridgehead atoms. The maximum Gasteiger partial charge on any atom is 0.322 e. The van der Waals surface area contributed by atoms with Gasteiger partial charge in [0.25, 0.3) is 0 Å². The zero-order valence-electron chi connectivity index (χ0n) is 19.4. The lowest BCUT2D eigenvalue weighted by Crippen LogP contribution is -2.33. The fraction of sp³-hybridized carbons (Fsp3) is 0.360. The lowest BCUT2D eigenvalue weighted by molar-refractivity contribution is -0.142. The van der Waals surface area contributed by atoms with Crippen molar-refractivity contribution in [2.24, 2.45) is 10.7 Å². The molecular formula is C25H32N2O5. The quantitative estimate of drug-likeness (QED) is 0.413. The molecule has 0 saturated carbocycles. The average molecular weight is 441 g/mol. The standard InChI is InChI=1S/C25H32N2O5/c1-7-9-18-17(14-20(26)25(28)31-6)10-11-19(24(18)27-3)23-21(29-4)12-16(15-32-8-2)13-22(23)30-5/h7,9-13,20H,3,8,14-15,26H2,1-2,4-6H3/b9-7-/t20-/m0/s1. The van der Waals surface area contributed by atoms with Gasteiger partial charge in [-0.3, -0.25) is 9.79 Å². The molecule has 0 aromatic heterocycles. The first kappa shape index (κ1) is 25.1. The molecule has 0 fully saturated rings. The number of ether oxygens (including phenoxy) is 4. The Kier molecular flexibility index (Phi) is 9.43. The van der Waals surface area contributed by atoms with E-state index in [0.717, 1.165) is 27.8 Å². The van der Waals surface area contributed by atoms with Gasteiger partial charge in [0.2, 0.25) is 0 Å². The molecule has 0 spiro atoms. The second kappa shape index (κ2) is 12.0. The second-order valence-corrected chi connectivity index (χ2v) is 7.04. The van der Waals surface area contributed by atoms with Crippen molar-refractivity contribution in [2.75, 3.05) is 27.9 Å². The summed E-state index contributed by atoms with van der Waals surface area (Å²) in [5.74, 6) is 0.797. The van der Waals surface area contributed by atoms with E-state index in [4.69, 9.17) is 24.7 Å². The molecule has 0 heterocycles. The minimum Gasteiger partial charge on any atom is -0.496 e. The van der Waals surface area contributed by atoms with Gasteiger partial charge >= 0.3 is 5.97 Å². The van der Waals surface area contributed by atoms with Crippen molar-refractivity contribution in [2.45, 2.75) is 32.9 Å². The summed E-state index contributed by atoms with van der Waals surface area (Å²) in [6, 6.07) is 6.91. The van der Waals surface area contributed by atoms with Crippen LogP contribution in [-0.2, 0) is 27.3 Å². The summed E-state index contributed by atoms with van der Waals surface area (Å²) in [5, 5.41) is 0. The van der Waals surface area contributed by atoms with E-state index in [9.17, 15) is 4.79 Å². The number of aliphatic imine (C=N–C) groups is 1. The molecule has 0 aliphatic rings. The van der Waals surface area contributed by atoms with E-state index < -0.39 is 12.0 Å². The molecule has 7 nitrogen and oxygen atoms in total. The molecule has 2 aromatic carbocycles. The van der Waals surface area contributed by atoms with E-state index in [2.05, 4.69) is 11.7 Å². The monoisotopic (exact) mass is 440 g/mol. The summed E-state index contributed by atoms with van der Waals surface area (Å²) < 4.78 is 21.7. The Morgan fingerprint density at radius 3 is 2.34 bits per heavy atom. The Morgan fingerprint density at radius 1 is 1.19 bits per heavy atom. The van der Waals surface area contributed by atoms with Gasteiger partial charge in [-0.25, -0.2) is 0 Å². The molecule has 0 amide bonds. The zero-order valence-corrected chi connectivity index (χ0v) is 19.4. The Bertz CT molecular complexity index is 960. The summed E-state index contributed by atoms with van der Waals surface area (Å²) in [5.41, 5.74) is 10.8. The van der Waals surface area contributed by atoms with Crippen LogP contribution >= 0.6 is 0 Å². The van der Waals surface area contributed by atoms with Crippen LogP contribution in [0, 0.1) is 0 Å². The topological polar surface area (TPSA) is 92.4 Å². The molecule has 0 saturated heterocycles. The Labute approximate surface area is 189 Å². The van der Waals surface area contributed by atoms with Crippen molar-refractivity contribution >= 4 is 24.5 Å². The van der Waals surface area contributed by atoms with Crippen molar-refractivity contribution in [1.82, 2.24) is 0 Å². The van der Waals surface area contributed by atoms with E-state index >= 15 is 0 Å². The van der Waals surface area contributed by atoms with Gasteiger partial charge in [-0.15, -0.1) is 0 Å². The van der Waals surface area contributed by atoms with Crippen LogP contribution in [0.2, 0.25) is 0 Å². The number of hydrogen-bond donors (Lipinski definition) is 1. The molecule has 32 heavy (non-hydrogen) atoms. The van der Waals surface area contributed by atoms with Crippen molar-refractivity contribution in [3.8, 4) is 22.6 Å². The van der Waals surface area contributed by atoms with Gasteiger partial charge in [-0.05, 0) is 50.2 Å². The molecular weight excluding hydrogens is 408 g/mol. The number of methoxy groups -OCH3 is 3. The Hall–Kier alpha value is -3.16.